The van der Waals surface area contributed by atoms with Crippen LogP contribution in [0.15, 0.2) is 47.8 Å². The zero-order valence-electron chi connectivity index (χ0n) is 28.4. The number of carbonyl (C=O) groups excluding carboxylic acids is 2. The van der Waals surface area contributed by atoms with Crippen molar-refractivity contribution >= 4 is 23.3 Å². The highest BCUT2D eigenvalue weighted by atomic mass is 79.9. The van der Waals surface area contributed by atoms with E-state index in [1.807, 2.05) is 47.8 Å². The van der Waals surface area contributed by atoms with E-state index < -0.39 is 11.6 Å². The SMILES string of the molecule is CCC(C)C(C(=O)OC1CCN(C)CC1)c1ccccc1.CC[N+](C)(CC)CCOC(=O)C(O)(c1cccs1)C1CCCC1.[Br-]. The Hall–Kier alpha value is -1.78. The summed E-state index contributed by atoms with van der Waals surface area (Å²) < 4.78 is 12.2. The number of esters is 2. The highest BCUT2D eigenvalue weighted by Gasteiger charge is 2.48. The van der Waals surface area contributed by atoms with E-state index in [1.54, 1.807) is 0 Å². The summed E-state index contributed by atoms with van der Waals surface area (Å²) in [6, 6.07) is 13.8. The summed E-state index contributed by atoms with van der Waals surface area (Å²) in [7, 11) is 4.28. The zero-order valence-corrected chi connectivity index (χ0v) is 30.8. The van der Waals surface area contributed by atoms with Crippen LogP contribution in [0.5, 0.6) is 0 Å². The van der Waals surface area contributed by atoms with Crippen LogP contribution in [0.25, 0.3) is 0 Å². The first-order chi connectivity index (χ1) is 21.1. The first-order valence-corrected chi connectivity index (χ1v) is 17.7. The van der Waals surface area contributed by atoms with E-state index in [9.17, 15) is 14.7 Å². The Morgan fingerprint density at radius 3 is 2.18 bits per heavy atom. The maximum absolute atomic E-state index is 12.7. The maximum Gasteiger partial charge on any atom is 0.344 e. The van der Waals surface area contributed by atoms with Gasteiger partial charge in [-0.05, 0) is 69.5 Å². The van der Waals surface area contributed by atoms with Gasteiger partial charge in [0.15, 0.2) is 5.60 Å². The number of hydrogen-bond acceptors (Lipinski definition) is 7. The van der Waals surface area contributed by atoms with E-state index in [0.29, 0.717) is 12.5 Å². The summed E-state index contributed by atoms with van der Waals surface area (Å²) in [5, 5.41) is 13.1. The van der Waals surface area contributed by atoms with Crippen LogP contribution in [0.4, 0.5) is 0 Å². The van der Waals surface area contributed by atoms with Gasteiger partial charge in [-0.1, -0.05) is 69.5 Å². The van der Waals surface area contributed by atoms with Gasteiger partial charge in [0.2, 0.25) is 0 Å². The van der Waals surface area contributed by atoms with E-state index >= 15 is 0 Å². The topological polar surface area (TPSA) is 76.1 Å². The molecular weight excluding hydrogens is 652 g/mol. The van der Waals surface area contributed by atoms with Crippen molar-refractivity contribution in [2.24, 2.45) is 11.8 Å². The minimum atomic E-state index is -1.47. The fraction of sp³-hybridized carbons (Fsp3) is 0.667. The van der Waals surface area contributed by atoms with Gasteiger partial charge in [0, 0.05) is 23.9 Å². The highest BCUT2D eigenvalue weighted by Crippen LogP contribution is 2.43. The molecule has 2 heterocycles. The second kappa shape index (κ2) is 19.1. The Morgan fingerprint density at radius 2 is 1.64 bits per heavy atom. The number of hydrogen-bond donors (Lipinski definition) is 1. The fourth-order valence-corrected chi connectivity index (χ4v) is 7.14. The van der Waals surface area contributed by atoms with E-state index in [-0.39, 0.29) is 40.9 Å². The van der Waals surface area contributed by atoms with Crippen molar-refractivity contribution in [1.82, 2.24) is 4.90 Å². The van der Waals surface area contributed by atoms with Crippen LogP contribution in [0.2, 0.25) is 0 Å². The molecule has 1 aromatic carbocycles. The van der Waals surface area contributed by atoms with E-state index in [0.717, 1.165) is 92.6 Å². The lowest BCUT2D eigenvalue weighted by Gasteiger charge is -2.33. The zero-order chi connectivity index (χ0) is 32.2. The molecule has 1 saturated carbocycles. The van der Waals surface area contributed by atoms with Crippen molar-refractivity contribution in [2.75, 3.05) is 53.4 Å². The summed E-state index contributed by atoms with van der Waals surface area (Å²) in [5.41, 5.74) is -0.392. The standard InChI is InChI=1S/C18H30NO3S.C18H27NO2.BrH/c1-4-19(3,5-2)12-13-22-17(20)18(21,15-9-6-7-10-15)16-11-8-14-23-16;1-4-14(2)17(15-8-6-5-7-9-15)18(20)21-16-10-12-19(3)13-11-16;/h8,11,14-15,21H,4-7,9-10,12-13H2,1-3H3;5-9,14,16-17H,4,10-13H2,1-3H3;1H/q+1;;/p-1. The molecule has 9 heteroatoms. The number of thiophene rings is 1. The molecule has 0 bridgehead atoms. The molecule has 3 atom stereocenters. The average Bonchev–Trinajstić information content (AvgIpc) is 3.79. The molecule has 3 unspecified atom stereocenters. The quantitative estimate of drug-likeness (QED) is 0.253. The molecule has 2 aromatic rings. The Kier molecular flexibility index (Phi) is 16.8. The molecule has 1 aliphatic heterocycles. The number of halogens is 1. The molecule has 1 N–H and O–H groups in total. The molecule has 1 aliphatic carbocycles. The van der Waals surface area contributed by atoms with Crippen LogP contribution in [0, 0.1) is 11.8 Å². The Balaban J connectivity index is 0.000000308. The van der Waals surface area contributed by atoms with E-state index in [2.05, 4.69) is 46.7 Å². The van der Waals surface area contributed by atoms with Crippen LogP contribution >= 0.6 is 11.3 Å². The van der Waals surface area contributed by atoms with Crippen molar-refractivity contribution in [3.05, 3.63) is 58.3 Å². The third kappa shape index (κ3) is 10.9. The predicted molar refractivity (Wildman–Crippen MR) is 179 cm³/mol. The molecule has 1 saturated heterocycles. The Morgan fingerprint density at radius 1 is 1.02 bits per heavy atom. The normalized spacial score (nSPS) is 18.9. The number of rotatable bonds is 13. The number of nitrogens with zero attached hydrogens (tertiary/aromatic N) is 2. The number of likely N-dealkylation sites (tertiary alicyclic amines) is 1. The second-order valence-electron chi connectivity index (χ2n) is 13.0. The average molecular weight is 710 g/mol. The first kappa shape index (κ1) is 39.4. The number of quaternary nitrogens is 1. The third-order valence-corrected chi connectivity index (χ3v) is 11.1. The van der Waals surface area contributed by atoms with Gasteiger partial charge in [-0.15, -0.1) is 11.3 Å². The van der Waals surface area contributed by atoms with Crippen molar-refractivity contribution in [3.8, 4) is 0 Å². The Bertz CT molecular complexity index is 1120. The van der Waals surface area contributed by atoms with Crippen LogP contribution in [0.1, 0.15) is 89.0 Å². The summed E-state index contributed by atoms with van der Waals surface area (Å²) >= 11 is 1.44. The van der Waals surface area contributed by atoms with Crippen LogP contribution < -0.4 is 17.0 Å². The molecular formula is C36H57BrN2O5S. The van der Waals surface area contributed by atoms with E-state index in [4.69, 9.17) is 9.47 Å². The molecule has 2 aliphatic rings. The second-order valence-corrected chi connectivity index (χ2v) is 14.0. The summed E-state index contributed by atoms with van der Waals surface area (Å²) in [6.45, 7) is 13.7. The van der Waals surface area contributed by atoms with Crippen molar-refractivity contribution in [1.29, 1.82) is 0 Å². The number of benzene rings is 1. The predicted octanol–water partition coefficient (Wildman–Crippen LogP) is 3.61. The van der Waals surface area contributed by atoms with Gasteiger partial charge in [-0.2, -0.15) is 0 Å². The van der Waals surface area contributed by atoms with Crippen molar-refractivity contribution < 1.29 is 45.6 Å². The monoisotopic (exact) mass is 708 g/mol. The summed E-state index contributed by atoms with van der Waals surface area (Å²) in [5.74, 6) is -0.385. The van der Waals surface area contributed by atoms with Gasteiger partial charge < -0.3 is 40.9 Å². The number of piperidine rings is 1. The van der Waals surface area contributed by atoms with Gasteiger partial charge in [0.05, 0.1) is 26.1 Å². The van der Waals surface area contributed by atoms with Gasteiger partial charge in [0.25, 0.3) is 0 Å². The number of aliphatic hydroxyl groups is 1. The van der Waals surface area contributed by atoms with E-state index in [1.165, 1.54) is 11.3 Å². The summed E-state index contributed by atoms with van der Waals surface area (Å²) in [4.78, 5) is 28.4. The van der Waals surface area contributed by atoms with Crippen LogP contribution in [-0.4, -0.2) is 86.0 Å². The molecule has 1 aromatic heterocycles. The largest absolute Gasteiger partial charge is 1.00 e. The molecule has 7 nitrogen and oxygen atoms in total. The molecule has 45 heavy (non-hydrogen) atoms. The number of carbonyl (C=O) groups is 2. The van der Waals surface area contributed by atoms with Crippen molar-refractivity contribution in [2.45, 2.75) is 90.3 Å². The lowest BCUT2D eigenvalue weighted by molar-refractivity contribution is -0.906. The highest BCUT2D eigenvalue weighted by molar-refractivity contribution is 7.10. The first-order valence-electron chi connectivity index (χ1n) is 16.8. The maximum atomic E-state index is 12.7. The molecule has 0 amide bonds. The van der Waals surface area contributed by atoms with Crippen LogP contribution in [-0.2, 0) is 24.7 Å². The van der Waals surface area contributed by atoms with Gasteiger partial charge in [-0.3, -0.25) is 4.79 Å². The summed E-state index contributed by atoms with van der Waals surface area (Å²) in [6.07, 6.45) is 6.89. The molecule has 254 valence electrons. The number of ether oxygens (including phenoxy) is 2. The molecule has 4 rings (SSSR count). The van der Waals surface area contributed by atoms with Gasteiger partial charge in [-0.25, -0.2) is 4.79 Å². The minimum Gasteiger partial charge on any atom is -1.00 e. The van der Waals surface area contributed by atoms with Gasteiger partial charge >= 0.3 is 11.9 Å². The van der Waals surface area contributed by atoms with Gasteiger partial charge in [0.1, 0.15) is 19.3 Å². The molecule has 0 radical (unpaired) electrons. The fourth-order valence-electron chi connectivity index (χ4n) is 6.25. The van der Waals surface area contributed by atoms with Crippen LogP contribution in [0.3, 0.4) is 0 Å². The lowest BCUT2D eigenvalue weighted by atomic mass is 9.84. The minimum absolute atomic E-state index is 0. The molecule has 0 spiro atoms. The van der Waals surface area contributed by atoms with Crippen molar-refractivity contribution in [3.63, 3.8) is 0 Å². The lowest BCUT2D eigenvalue weighted by Crippen LogP contribution is -3.00. The number of likely N-dealkylation sites (N-methyl/N-ethyl adjacent to an activating group) is 1. The molecule has 2 fully saturated rings. The third-order valence-electron chi connectivity index (χ3n) is 10.1. The Labute approximate surface area is 286 Å². The smallest absolute Gasteiger partial charge is 0.344 e.